The summed E-state index contributed by atoms with van der Waals surface area (Å²) in [7, 11) is 0. The molecule has 2 rings (SSSR count). The molecule has 0 radical (unpaired) electrons. The van der Waals surface area contributed by atoms with Crippen molar-refractivity contribution in [3.8, 4) is 0 Å². The Balaban J connectivity index is 2.15. The van der Waals surface area contributed by atoms with E-state index >= 15 is 0 Å². The van der Waals surface area contributed by atoms with Crippen LogP contribution in [0.1, 0.15) is 40.4 Å². The maximum Gasteiger partial charge on any atom is 0.257 e. The molecule has 19 heavy (non-hydrogen) atoms. The van der Waals surface area contributed by atoms with Crippen molar-refractivity contribution in [2.45, 2.75) is 26.8 Å². The Morgan fingerprint density at radius 3 is 2.79 bits per heavy atom. The van der Waals surface area contributed by atoms with Crippen molar-refractivity contribution in [3.05, 3.63) is 41.2 Å². The molecule has 100 valence electrons. The molecule has 0 saturated carbocycles. The van der Waals surface area contributed by atoms with Gasteiger partial charge in [0.25, 0.3) is 5.91 Å². The number of carbonyl (C=O) groups is 1. The summed E-state index contributed by atoms with van der Waals surface area (Å²) in [6.07, 6.45) is 2.71. The largest absolute Gasteiger partial charge is 0.466 e. The first-order chi connectivity index (χ1) is 8.99. The van der Waals surface area contributed by atoms with E-state index in [1.165, 1.54) is 12.5 Å². The van der Waals surface area contributed by atoms with E-state index in [0.29, 0.717) is 0 Å². The van der Waals surface area contributed by atoms with Crippen LogP contribution < -0.4 is 11.1 Å². The minimum atomic E-state index is -0.302. The highest BCUT2D eigenvalue weighted by atomic mass is 16.3. The second kappa shape index (κ2) is 5.09. The smallest absolute Gasteiger partial charge is 0.257 e. The van der Waals surface area contributed by atoms with Crippen molar-refractivity contribution in [1.82, 2.24) is 15.3 Å². The highest BCUT2D eigenvalue weighted by Crippen LogP contribution is 2.21. The Hall–Kier alpha value is -2.37. The summed E-state index contributed by atoms with van der Waals surface area (Å²) in [5, 5.41) is 2.85. The van der Waals surface area contributed by atoms with Crippen LogP contribution in [-0.2, 0) is 0 Å². The molecule has 0 aliphatic carbocycles. The zero-order valence-corrected chi connectivity index (χ0v) is 11.1. The van der Waals surface area contributed by atoms with Gasteiger partial charge in [0.2, 0.25) is 0 Å². The number of carbonyl (C=O) groups excluding carboxylic acids is 1. The van der Waals surface area contributed by atoms with E-state index in [-0.39, 0.29) is 23.3 Å². The number of aromatic nitrogens is 2. The summed E-state index contributed by atoms with van der Waals surface area (Å²) in [5.74, 6) is 1.47. The third-order valence-electron chi connectivity index (χ3n) is 2.88. The van der Waals surface area contributed by atoms with Crippen molar-refractivity contribution in [2.24, 2.45) is 0 Å². The van der Waals surface area contributed by atoms with Crippen molar-refractivity contribution >= 4 is 11.7 Å². The number of amides is 1. The van der Waals surface area contributed by atoms with E-state index in [0.717, 1.165) is 17.1 Å². The second-order valence-corrected chi connectivity index (χ2v) is 4.39. The normalized spacial score (nSPS) is 12.2. The molecule has 0 bridgehead atoms. The van der Waals surface area contributed by atoms with Gasteiger partial charge in [-0.15, -0.1) is 0 Å². The van der Waals surface area contributed by atoms with Gasteiger partial charge in [-0.1, -0.05) is 0 Å². The van der Waals surface area contributed by atoms with Crippen LogP contribution in [0.25, 0.3) is 0 Å². The van der Waals surface area contributed by atoms with Gasteiger partial charge in [-0.2, -0.15) is 0 Å². The van der Waals surface area contributed by atoms with Gasteiger partial charge in [0.1, 0.15) is 23.7 Å². The number of nitrogens with one attached hydrogen (secondary N) is 1. The molecule has 0 aliphatic rings. The third-order valence-corrected chi connectivity index (χ3v) is 2.88. The van der Waals surface area contributed by atoms with Crippen LogP contribution in [0.15, 0.2) is 23.0 Å². The molecule has 0 spiro atoms. The summed E-state index contributed by atoms with van der Waals surface area (Å²) >= 11 is 0. The lowest BCUT2D eigenvalue weighted by molar-refractivity contribution is 0.0940. The summed E-state index contributed by atoms with van der Waals surface area (Å²) < 4.78 is 5.45. The Morgan fingerprint density at radius 2 is 2.21 bits per heavy atom. The first-order valence-electron chi connectivity index (χ1n) is 5.92. The maximum atomic E-state index is 12.1. The number of rotatable bonds is 3. The Bertz CT molecular complexity index is 606. The van der Waals surface area contributed by atoms with Crippen LogP contribution in [0.2, 0.25) is 0 Å². The summed E-state index contributed by atoms with van der Waals surface area (Å²) in [6.45, 7) is 5.62. The predicted molar refractivity (Wildman–Crippen MR) is 70.5 cm³/mol. The molecule has 6 nitrogen and oxygen atoms in total. The second-order valence-electron chi connectivity index (χ2n) is 4.39. The molecular formula is C13H16N4O2. The van der Waals surface area contributed by atoms with E-state index < -0.39 is 0 Å². The summed E-state index contributed by atoms with van der Waals surface area (Å²) in [6, 6.07) is 1.73. The molecule has 2 aromatic heterocycles. The molecule has 0 saturated heterocycles. The van der Waals surface area contributed by atoms with Gasteiger partial charge < -0.3 is 15.5 Å². The van der Waals surface area contributed by atoms with Crippen molar-refractivity contribution in [1.29, 1.82) is 0 Å². The Labute approximate surface area is 111 Å². The fourth-order valence-electron chi connectivity index (χ4n) is 1.95. The Morgan fingerprint density at radius 1 is 1.47 bits per heavy atom. The monoisotopic (exact) mass is 260 g/mol. The van der Waals surface area contributed by atoms with E-state index in [1.807, 2.05) is 26.8 Å². The molecule has 1 atom stereocenters. The van der Waals surface area contributed by atoms with Gasteiger partial charge in [-0.3, -0.25) is 4.79 Å². The van der Waals surface area contributed by atoms with Crippen LogP contribution in [0.5, 0.6) is 0 Å². The summed E-state index contributed by atoms with van der Waals surface area (Å²) in [5.41, 5.74) is 6.86. The van der Waals surface area contributed by atoms with E-state index in [9.17, 15) is 4.79 Å². The number of nitrogens with zero attached hydrogens (tertiary/aromatic N) is 2. The molecule has 3 N–H and O–H groups in total. The van der Waals surface area contributed by atoms with Crippen LogP contribution in [0.4, 0.5) is 5.82 Å². The fourth-order valence-corrected chi connectivity index (χ4v) is 1.95. The highest BCUT2D eigenvalue weighted by molar-refractivity contribution is 5.98. The van der Waals surface area contributed by atoms with Crippen LogP contribution in [0, 0.1) is 13.8 Å². The number of nitrogens with two attached hydrogens (primary N) is 1. The number of hydrogen-bond donors (Lipinski definition) is 2. The number of aryl methyl sites for hydroxylation is 2. The van der Waals surface area contributed by atoms with E-state index in [2.05, 4.69) is 15.3 Å². The lowest BCUT2D eigenvalue weighted by Gasteiger charge is -2.13. The topological polar surface area (TPSA) is 94.0 Å². The number of nitrogen functional groups attached to an aromatic ring is 1. The molecule has 2 heterocycles. The van der Waals surface area contributed by atoms with Crippen LogP contribution >= 0.6 is 0 Å². The molecule has 1 amide bonds. The molecular weight excluding hydrogens is 244 g/mol. The lowest BCUT2D eigenvalue weighted by atomic mass is 10.1. The van der Waals surface area contributed by atoms with Gasteiger partial charge >= 0.3 is 0 Å². The van der Waals surface area contributed by atoms with Crippen LogP contribution in [-0.4, -0.2) is 15.9 Å². The molecule has 0 aromatic carbocycles. The van der Waals surface area contributed by atoms with Crippen molar-refractivity contribution in [2.75, 3.05) is 5.73 Å². The van der Waals surface area contributed by atoms with Gasteiger partial charge in [0, 0.05) is 11.8 Å². The first kappa shape index (κ1) is 13.1. The average molecular weight is 260 g/mol. The number of anilines is 1. The van der Waals surface area contributed by atoms with Crippen molar-refractivity contribution < 1.29 is 9.21 Å². The fraction of sp³-hybridized carbons (Fsp3) is 0.308. The quantitative estimate of drug-likeness (QED) is 0.876. The van der Waals surface area contributed by atoms with Gasteiger partial charge in [0.15, 0.2) is 0 Å². The predicted octanol–water partition coefficient (Wildman–Crippen LogP) is 1.76. The third kappa shape index (κ3) is 2.73. The molecule has 2 aromatic rings. The van der Waals surface area contributed by atoms with Gasteiger partial charge in [0.05, 0.1) is 11.6 Å². The maximum absolute atomic E-state index is 12.1. The summed E-state index contributed by atoms with van der Waals surface area (Å²) in [4.78, 5) is 19.7. The van der Waals surface area contributed by atoms with Crippen molar-refractivity contribution in [3.63, 3.8) is 0 Å². The number of furan rings is 1. The average Bonchev–Trinajstić information content (AvgIpc) is 2.69. The SMILES string of the molecule is Cc1cc([C@@H](C)NC(=O)c2cncnc2N)c(C)o1. The molecule has 6 heteroatoms. The zero-order valence-electron chi connectivity index (χ0n) is 11.1. The number of hydrogen-bond acceptors (Lipinski definition) is 5. The van der Waals surface area contributed by atoms with Gasteiger partial charge in [-0.05, 0) is 26.8 Å². The lowest BCUT2D eigenvalue weighted by Crippen LogP contribution is -2.27. The van der Waals surface area contributed by atoms with Crippen LogP contribution in [0.3, 0.4) is 0 Å². The first-order valence-corrected chi connectivity index (χ1v) is 5.92. The minimum absolute atomic E-state index is 0.166. The molecule has 0 aliphatic heterocycles. The standard InChI is InChI=1S/C13H16N4O2/c1-7-4-10(9(3)19-7)8(2)17-13(18)11-5-15-6-16-12(11)14/h4-6,8H,1-3H3,(H,17,18)(H2,14,15,16)/t8-/m1/s1. The van der Waals surface area contributed by atoms with Gasteiger partial charge in [-0.25, -0.2) is 9.97 Å². The Kier molecular flexibility index (Phi) is 3.50. The molecule has 0 unspecified atom stereocenters. The minimum Gasteiger partial charge on any atom is -0.466 e. The van der Waals surface area contributed by atoms with E-state index in [1.54, 1.807) is 0 Å². The van der Waals surface area contributed by atoms with E-state index in [4.69, 9.17) is 10.2 Å². The molecule has 0 fully saturated rings. The highest BCUT2D eigenvalue weighted by Gasteiger charge is 2.17. The zero-order chi connectivity index (χ0) is 14.0.